The Morgan fingerprint density at radius 3 is 2.42 bits per heavy atom. The number of carbonyl (C=O) groups excluding carboxylic acids is 1. The average molecular weight is 329 g/mol. The van der Waals surface area contributed by atoms with Crippen molar-refractivity contribution in [2.45, 2.75) is 13.5 Å². The summed E-state index contributed by atoms with van der Waals surface area (Å²) < 4.78 is 7.18. The molecule has 1 aromatic carbocycles. The Balaban J connectivity index is 1.49. The first-order chi connectivity index (χ1) is 11.7. The highest BCUT2D eigenvalue weighted by Crippen LogP contribution is 2.14. The van der Waals surface area contributed by atoms with Crippen molar-refractivity contribution >= 4 is 5.91 Å². The molecule has 7 heteroatoms. The fourth-order valence-corrected chi connectivity index (χ4v) is 2.87. The largest absolute Gasteiger partial charge is 0.497 e. The third-order valence-electron chi connectivity index (χ3n) is 4.46. The van der Waals surface area contributed by atoms with Gasteiger partial charge in [-0.2, -0.15) is 0 Å². The van der Waals surface area contributed by atoms with Gasteiger partial charge in [0.1, 0.15) is 17.9 Å². The summed E-state index contributed by atoms with van der Waals surface area (Å²) in [6.07, 6.45) is 1.76. The van der Waals surface area contributed by atoms with E-state index in [0.29, 0.717) is 5.56 Å². The topological polar surface area (TPSA) is 63.5 Å². The van der Waals surface area contributed by atoms with E-state index in [2.05, 4.69) is 19.7 Å². The average Bonchev–Trinajstić information content (AvgIpc) is 3.05. The molecule has 1 amide bonds. The van der Waals surface area contributed by atoms with Crippen molar-refractivity contribution in [3.63, 3.8) is 0 Å². The van der Waals surface area contributed by atoms with Gasteiger partial charge in [-0.15, -0.1) is 10.2 Å². The summed E-state index contributed by atoms with van der Waals surface area (Å²) in [5.41, 5.74) is 0.712. The van der Waals surface area contributed by atoms with E-state index < -0.39 is 0 Å². The zero-order valence-electron chi connectivity index (χ0n) is 14.2. The van der Waals surface area contributed by atoms with Gasteiger partial charge in [-0.3, -0.25) is 9.69 Å². The lowest BCUT2D eigenvalue weighted by molar-refractivity contribution is 0.0633. The molecule has 3 rings (SSSR count). The van der Waals surface area contributed by atoms with Crippen LogP contribution in [0.1, 0.15) is 16.2 Å². The number of rotatable bonds is 5. The van der Waals surface area contributed by atoms with Gasteiger partial charge in [0.25, 0.3) is 5.91 Å². The van der Waals surface area contributed by atoms with Crippen LogP contribution in [0.15, 0.2) is 30.6 Å². The lowest BCUT2D eigenvalue weighted by Crippen LogP contribution is -2.49. The molecular weight excluding hydrogens is 306 g/mol. The van der Waals surface area contributed by atoms with Gasteiger partial charge in [-0.1, -0.05) is 0 Å². The number of methoxy groups -OCH3 is 1. The van der Waals surface area contributed by atoms with Crippen LogP contribution in [0, 0.1) is 6.92 Å². The van der Waals surface area contributed by atoms with Crippen LogP contribution in [-0.4, -0.2) is 70.3 Å². The Bertz CT molecular complexity index is 675. The number of hydrogen-bond donors (Lipinski definition) is 0. The highest BCUT2D eigenvalue weighted by molar-refractivity contribution is 5.94. The third kappa shape index (κ3) is 3.73. The van der Waals surface area contributed by atoms with Crippen LogP contribution in [0.3, 0.4) is 0 Å². The minimum Gasteiger partial charge on any atom is -0.497 e. The molecular formula is C17H23N5O2. The molecule has 2 aromatic rings. The van der Waals surface area contributed by atoms with Crippen LogP contribution >= 0.6 is 0 Å². The summed E-state index contributed by atoms with van der Waals surface area (Å²) in [6, 6.07) is 7.29. The van der Waals surface area contributed by atoms with E-state index >= 15 is 0 Å². The molecule has 1 aromatic heterocycles. The molecule has 0 radical (unpaired) electrons. The first kappa shape index (κ1) is 16.4. The van der Waals surface area contributed by atoms with Gasteiger partial charge in [-0.05, 0) is 31.2 Å². The predicted octanol–water partition coefficient (Wildman–Crippen LogP) is 1.05. The van der Waals surface area contributed by atoms with Crippen molar-refractivity contribution in [1.82, 2.24) is 24.6 Å². The number of benzene rings is 1. The van der Waals surface area contributed by atoms with Crippen LogP contribution in [0.5, 0.6) is 5.75 Å². The summed E-state index contributed by atoms with van der Waals surface area (Å²) in [7, 11) is 1.62. The first-order valence-corrected chi connectivity index (χ1v) is 8.17. The van der Waals surface area contributed by atoms with E-state index in [1.165, 1.54) is 0 Å². The molecule has 1 aliphatic heterocycles. The maximum Gasteiger partial charge on any atom is 0.253 e. The fourth-order valence-electron chi connectivity index (χ4n) is 2.87. The van der Waals surface area contributed by atoms with Crippen LogP contribution < -0.4 is 4.74 Å². The normalized spacial score (nSPS) is 15.5. The number of ether oxygens (including phenoxy) is 1. The molecule has 1 fully saturated rings. The molecule has 0 saturated carbocycles. The van der Waals surface area contributed by atoms with Gasteiger partial charge in [0.15, 0.2) is 0 Å². The van der Waals surface area contributed by atoms with E-state index in [4.69, 9.17) is 4.74 Å². The van der Waals surface area contributed by atoms with Gasteiger partial charge < -0.3 is 14.2 Å². The van der Waals surface area contributed by atoms with Crippen LogP contribution in [0.4, 0.5) is 0 Å². The lowest BCUT2D eigenvalue weighted by atomic mass is 10.1. The van der Waals surface area contributed by atoms with Gasteiger partial charge in [0, 0.05) is 44.8 Å². The zero-order chi connectivity index (χ0) is 16.9. The Labute approximate surface area is 141 Å². The van der Waals surface area contributed by atoms with Crippen molar-refractivity contribution in [3.8, 4) is 5.75 Å². The number of piperazine rings is 1. The molecule has 24 heavy (non-hydrogen) atoms. The first-order valence-electron chi connectivity index (χ1n) is 8.17. The molecule has 1 aliphatic rings. The summed E-state index contributed by atoms with van der Waals surface area (Å²) in [6.45, 7) is 7.08. The number of nitrogens with zero attached hydrogens (tertiary/aromatic N) is 5. The highest BCUT2D eigenvalue weighted by Gasteiger charge is 2.22. The number of aryl methyl sites for hydroxylation is 1. The van der Waals surface area contributed by atoms with Gasteiger partial charge in [0.2, 0.25) is 0 Å². The van der Waals surface area contributed by atoms with E-state index in [-0.39, 0.29) is 5.91 Å². The second kappa shape index (κ2) is 7.44. The van der Waals surface area contributed by atoms with E-state index in [1.807, 2.05) is 36.1 Å². The maximum atomic E-state index is 12.5. The molecule has 1 saturated heterocycles. The van der Waals surface area contributed by atoms with Gasteiger partial charge in [-0.25, -0.2) is 0 Å². The van der Waals surface area contributed by atoms with E-state index in [1.54, 1.807) is 13.4 Å². The Morgan fingerprint density at radius 1 is 1.12 bits per heavy atom. The van der Waals surface area contributed by atoms with Crippen molar-refractivity contribution in [1.29, 1.82) is 0 Å². The molecule has 7 nitrogen and oxygen atoms in total. The molecule has 0 atom stereocenters. The fraction of sp³-hybridized carbons (Fsp3) is 0.471. The van der Waals surface area contributed by atoms with Crippen LogP contribution in [-0.2, 0) is 6.54 Å². The van der Waals surface area contributed by atoms with Crippen molar-refractivity contribution in [3.05, 3.63) is 42.0 Å². The second-order valence-corrected chi connectivity index (χ2v) is 5.93. The van der Waals surface area contributed by atoms with Gasteiger partial charge in [0.05, 0.1) is 7.11 Å². The minimum absolute atomic E-state index is 0.0898. The summed E-state index contributed by atoms with van der Waals surface area (Å²) >= 11 is 0. The Hall–Kier alpha value is -2.41. The van der Waals surface area contributed by atoms with E-state index in [9.17, 15) is 4.79 Å². The molecule has 128 valence electrons. The molecule has 0 unspecified atom stereocenters. The quantitative estimate of drug-likeness (QED) is 0.820. The minimum atomic E-state index is 0.0898. The van der Waals surface area contributed by atoms with Crippen LogP contribution in [0.2, 0.25) is 0 Å². The molecule has 0 spiro atoms. The molecule has 0 aliphatic carbocycles. The number of amides is 1. The lowest BCUT2D eigenvalue weighted by Gasteiger charge is -2.34. The standard InChI is InChI=1S/C17H23N5O2/c1-14-19-18-13-22(14)12-9-20-7-10-21(11-8-20)17(23)15-3-5-16(24-2)6-4-15/h3-6,13H,7-12H2,1-2H3. The maximum absolute atomic E-state index is 12.5. The number of hydrogen-bond acceptors (Lipinski definition) is 5. The summed E-state index contributed by atoms with van der Waals surface area (Å²) in [5.74, 6) is 1.79. The van der Waals surface area contributed by atoms with Crippen molar-refractivity contribution in [2.24, 2.45) is 0 Å². The molecule has 2 heterocycles. The molecule has 0 N–H and O–H groups in total. The molecule has 0 bridgehead atoms. The number of carbonyl (C=O) groups is 1. The van der Waals surface area contributed by atoms with Crippen molar-refractivity contribution < 1.29 is 9.53 Å². The summed E-state index contributed by atoms with van der Waals surface area (Å²) in [4.78, 5) is 16.8. The predicted molar refractivity (Wildman–Crippen MR) is 90.1 cm³/mol. The number of aromatic nitrogens is 3. The van der Waals surface area contributed by atoms with Crippen LogP contribution in [0.25, 0.3) is 0 Å². The second-order valence-electron chi connectivity index (χ2n) is 5.93. The highest BCUT2D eigenvalue weighted by atomic mass is 16.5. The summed E-state index contributed by atoms with van der Waals surface area (Å²) in [5, 5.41) is 7.89. The van der Waals surface area contributed by atoms with E-state index in [0.717, 1.165) is 50.8 Å². The third-order valence-corrected chi connectivity index (χ3v) is 4.46. The van der Waals surface area contributed by atoms with Gasteiger partial charge >= 0.3 is 0 Å². The smallest absolute Gasteiger partial charge is 0.253 e. The monoisotopic (exact) mass is 329 g/mol. The van der Waals surface area contributed by atoms with Crippen molar-refractivity contribution in [2.75, 3.05) is 39.8 Å². The zero-order valence-corrected chi connectivity index (χ0v) is 14.2. The SMILES string of the molecule is COc1ccc(C(=O)N2CCN(CCn3cnnc3C)CC2)cc1. The Kier molecular flexibility index (Phi) is 5.10. The Morgan fingerprint density at radius 2 is 1.83 bits per heavy atom.